The maximum Gasteiger partial charge on any atom is 0.185 e. The predicted molar refractivity (Wildman–Crippen MR) is 67.4 cm³/mol. The van der Waals surface area contributed by atoms with Gasteiger partial charge >= 0.3 is 0 Å². The third kappa shape index (κ3) is 1.58. The lowest BCUT2D eigenvalue weighted by Gasteiger charge is -2.19. The summed E-state index contributed by atoms with van der Waals surface area (Å²) in [6.45, 7) is 4.31. The Bertz CT molecular complexity index is 229. The van der Waals surface area contributed by atoms with Crippen molar-refractivity contribution in [2.75, 3.05) is 7.05 Å². The van der Waals surface area contributed by atoms with Gasteiger partial charge in [-0.25, -0.2) is 0 Å². The summed E-state index contributed by atoms with van der Waals surface area (Å²) >= 11 is 12.7. The lowest BCUT2D eigenvalue weighted by atomic mass is 10.1. The van der Waals surface area contributed by atoms with Gasteiger partial charge < -0.3 is 4.90 Å². The van der Waals surface area contributed by atoms with Crippen LogP contribution in [0.15, 0.2) is 0 Å². The maximum absolute atomic E-state index is 5.29. The zero-order chi connectivity index (χ0) is 9.46. The highest BCUT2D eigenvalue weighted by Crippen LogP contribution is 2.26. The van der Waals surface area contributed by atoms with Crippen molar-refractivity contribution in [3.05, 3.63) is 0 Å². The van der Waals surface area contributed by atoms with Gasteiger partial charge in [0.2, 0.25) is 0 Å². The summed E-state index contributed by atoms with van der Waals surface area (Å²) in [5.41, 5.74) is 0. The molecule has 5 heteroatoms. The van der Waals surface area contributed by atoms with Crippen molar-refractivity contribution >= 4 is 57.4 Å². The van der Waals surface area contributed by atoms with E-state index in [-0.39, 0.29) is 6.04 Å². The molecule has 12 heavy (non-hydrogen) atoms. The lowest BCUT2D eigenvalue weighted by Crippen LogP contribution is -2.31. The normalized spacial score (nSPS) is 24.6. The fourth-order valence-electron chi connectivity index (χ4n) is 1.20. The van der Waals surface area contributed by atoms with Gasteiger partial charge in [-0.3, -0.25) is 3.11 Å². The van der Waals surface area contributed by atoms with Crippen LogP contribution >= 0.6 is 47.3 Å². The number of likely N-dealkylation sites (N-methyl/N-ethyl adjacent to an activating group) is 1. The van der Waals surface area contributed by atoms with Crippen LogP contribution in [0.5, 0.6) is 0 Å². The Morgan fingerprint density at radius 3 is 2.08 bits per heavy atom. The molecule has 1 aliphatic heterocycles. The van der Waals surface area contributed by atoms with E-state index < -0.39 is 0 Å². The molecule has 1 rings (SSSR count). The number of nitrogens with zero attached hydrogens (tertiary/aromatic N) is 2. The van der Waals surface area contributed by atoms with Gasteiger partial charge in [-0.05, 0) is 18.1 Å². The van der Waals surface area contributed by atoms with Crippen molar-refractivity contribution in [1.82, 2.24) is 8.01 Å². The van der Waals surface area contributed by atoms with Gasteiger partial charge in [0.15, 0.2) is 5.11 Å². The van der Waals surface area contributed by atoms with E-state index in [9.17, 15) is 0 Å². The number of halogens is 1. The minimum absolute atomic E-state index is 0.290. The highest BCUT2D eigenvalue weighted by atomic mass is 127. The Morgan fingerprint density at radius 2 is 1.92 bits per heavy atom. The second-order valence-electron chi connectivity index (χ2n) is 3.18. The van der Waals surface area contributed by atoms with Crippen molar-refractivity contribution in [2.45, 2.75) is 19.9 Å². The van der Waals surface area contributed by atoms with E-state index in [0.29, 0.717) is 5.92 Å². The molecule has 1 aliphatic rings. The summed E-state index contributed by atoms with van der Waals surface area (Å²) in [5, 5.41) is 0.819. The van der Waals surface area contributed by atoms with Gasteiger partial charge in [0.05, 0.1) is 28.9 Å². The molecule has 0 N–H and O–H groups in total. The first kappa shape index (κ1) is 10.6. The fourth-order valence-corrected chi connectivity index (χ4v) is 3.35. The summed E-state index contributed by atoms with van der Waals surface area (Å²) in [6.07, 6.45) is 0. The largest absolute Gasteiger partial charge is 0.314 e. The zero-order valence-corrected chi connectivity index (χ0v) is 11.0. The number of thiocarbonyl (C=S) groups is 2. The highest BCUT2D eigenvalue weighted by Gasteiger charge is 2.37. The maximum atomic E-state index is 5.29. The molecule has 0 radical (unpaired) electrons. The zero-order valence-electron chi connectivity index (χ0n) is 7.24. The molecule has 1 heterocycles. The molecule has 1 unspecified atom stereocenters. The van der Waals surface area contributed by atoms with Gasteiger partial charge in [0.25, 0.3) is 0 Å². The van der Waals surface area contributed by atoms with Crippen LogP contribution in [0.2, 0.25) is 0 Å². The molecule has 0 aromatic rings. The molecular formula is C7H11IN2S2. The van der Waals surface area contributed by atoms with E-state index in [1.807, 2.05) is 15.1 Å². The van der Waals surface area contributed by atoms with Crippen molar-refractivity contribution in [2.24, 2.45) is 5.92 Å². The third-order valence-electron chi connectivity index (χ3n) is 1.93. The molecule has 0 aromatic carbocycles. The van der Waals surface area contributed by atoms with Crippen LogP contribution in [0.3, 0.4) is 0 Å². The predicted octanol–water partition coefficient (Wildman–Crippen LogP) is 2.22. The average Bonchev–Trinajstić information content (AvgIpc) is 2.16. The Hall–Kier alpha value is 0.510. The monoisotopic (exact) mass is 314 g/mol. The Labute approximate surface area is 97.8 Å². The van der Waals surface area contributed by atoms with Crippen molar-refractivity contribution < 1.29 is 0 Å². The lowest BCUT2D eigenvalue weighted by molar-refractivity contribution is 0.494. The molecule has 1 atom stereocenters. The minimum Gasteiger partial charge on any atom is -0.314 e. The highest BCUT2D eigenvalue weighted by molar-refractivity contribution is 14.1. The van der Waals surface area contributed by atoms with Crippen molar-refractivity contribution in [3.8, 4) is 0 Å². The van der Waals surface area contributed by atoms with Crippen molar-refractivity contribution in [3.63, 3.8) is 0 Å². The van der Waals surface area contributed by atoms with E-state index in [2.05, 4.69) is 36.7 Å². The summed E-state index contributed by atoms with van der Waals surface area (Å²) in [6, 6.07) is 0.290. The number of hydrogen-bond acceptors (Lipinski definition) is 2. The molecule has 68 valence electrons. The van der Waals surface area contributed by atoms with Crippen LogP contribution in [-0.4, -0.2) is 31.2 Å². The van der Waals surface area contributed by atoms with Gasteiger partial charge in [-0.1, -0.05) is 26.1 Å². The van der Waals surface area contributed by atoms with Gasteiger partial charge in [0, 0.05) is 7.05 Å². The second-order valence-corrected chi connectivity index (χ2v) is 5.00. The fraction of sp³-hybridized carbons (Fsp3) is 0.714. The summed E-state index contributed by atoms with van der Waals surface area (Å²) < 4.78 is 2.04. The molecule has 2 nitrogen and oxygen atoms in total. The molecule has 0 aliphatic carbocycles. The van der Waals surface area contributed by atoms with E-state index in [4.69, 9.17) is 24.4 Å². The first-order valence-corrected chi connectivity index (χ1v) is 5.51. The molecule has 0 spiro atoms. The van der Waals surface area contributed by atoms with Crippen molar-refractivity contribution in [1.29, 1.82) is 0 Å². The van der Waals surface area contributed by atoms with E-state index in [1.54, 1.807) is 0 Å². The molecule has 1 saturated heterocycles. The molecule has 0 aromatic heterocycles. The first-order valence-electron chi connectivity index (χ1n) is 3.73. The molecule has 1 fully saturated rings. The molecule has 0 bridgehead atoms. The average molecular weight is 314 g/mol. The van der Waals surface area contributed by atoms with E-state index in [1.165, 1.54) is 0 Å². The Kier molecular flexibility index (Phi) is 3.27. The standard InChI is InChI=1S/C7H11IN2S2/c1-4(2)5-6(11)9(3)7(12)10(5)8/h4-5H,1-3H3. The van der Waals surface area contributed by atoms with Crippen LogP contribution in [0.25, 0.3) is 0 Å². The van der Waals surface area contributed by atoms with Crippen LogP contribution in [0.1, 0.15) is 13.8 Å². The quantitative estimate of drug-likeness (QED) is 0.416. The molecular weight excluding hydrogens is 303 g/mol. The van der Waals surface area contributed by atoms with Crippen LogP contribution in [-0.2, 0) is 0 Å². The minimum atomic E-state index is 0.290. The molecule has 0 amide bonds. The Morgan fingerprint density at radius 1 is 1.42 bits per heavy atom. The number of hydrogen-bond donors (Lipinski definition) is 0. The Balaban J connectivity index is 2.91. The van der Waals surface area contributed by atoms with Crippen LogP contribution < -0.4 is 0 Å². The van der Waals surface area contributed by atoms with Gasteiger partial charge in [-0.15, -0.1) is 0 Å². The third-order valence-corrected chi connectivity index (χ3v) is 4.30. The second kappa shape index (κ2) is 3.71. The first-order chi connectivity index (χ1) is 5.46. The van der Waals surface area contributed by atoms with Gasteiger partial charge in [0.1, 0.15) is 4.99 Å². The van der Waals surface area contributed by atoms with E-state index >= 15 is 0 Å². The topological polar surface area (TPSA) is 6.48 Å². The summed E-state index contributed by atoms with van der Waals surface area (Å²) in [5.74, 6) is 0.511. The number of rotatable bonds is 1. The molecule has 0 saturated carbocycles. The summed E-state index contributed by atoms with van der Waals surface area (Å²) in [4.78, 5) is 2.84. The van der Waals surface area contributed by atoms with Crippen LogP contribution in [0, 0.1) is 5.92 Å². The summed E-state index contributed by atoms with van der Waals surface area (Å²) in [7, 11) is 1.93. The van der Waals surface area contributed by atoms with Gasteiger partial charge in [-0.2, -0.15) is 0 Å². The smallest absolute Gasteiger partial charge is 0.185 e. The SMILES string of the molecule is CC(C)C1C(=S)N(C)C(=S)N1I. The van der Waals surface area contributed by atoms with Crippen LogP contribution in [0.4, 0.5) is 0 Å². The van der Waals surface area contributed by atoms with E-state index in [0.717, 1.165) is 10.1 Å².